The molecule has 24 heavy (non-hydrogen) atoms. The van der Waals surface area contributed by atoms with Crippen LogP contribution in [0.5, 0.6) is 0 Å². The fourth-order valence-corrected chi connectivity index (χ4v) is 4.11. The van der Waals surface area contributed by atoms with E-state index in [9.17, 15) is 4.79 Å². The van der Waals surface area contributed by atoms with Gasteiger partial charge in [0, 0.05) is 56.8 Å². The molecule has 6 nitrogen and oxygen atoms in total. The second kappa shape index (κ2) is 6.79. The van der Waals surface area contributed by atoms with Gasteiger partial charge in [0.05, 0.1) is 6.54 Å². The highest BCUT2D eigenvalue weighted by molar-refractivity contribution is 5.76. The minimum atomic E-state index is 0.295. The molecule has 1 aliphatic heterocycles. The number of aromatic nitrogens is 4. The maximum absolute atomic E-state index is 12.9. The molecule has 2 aliphatic rings. The van der Waals surface area contributed by atoms with Gasteiger partial charge in [-0.15, -0.1) is 0 Å². The van der Waals surface area contributed by atoms with E-state index in [0.29, 0.717) is 30.7 Å². The Labute approximate surface area is 142 Å². The Morgan fingerprint density at radius 3 is 2.79 bits per heavy atom. The van der Waals surface area contributed by atoms with E-state index in [2.05, 4.69) is 14.6 Å². The van der Waals surface area contributed by atoms with Gasteiger partial charge in [-0.3, -0.25) is 9.48 Å². The molecule has 0 aromatic carbocycles. The van der Waals surface area contributed by atoms with E-state index >= 15 is 0 Å². The molecule has 6 heteroatoms. The number of hydrogen-bond acceptors (Lipinski definition) is 3. The Morgan fingerprint density at radius 2 is 2.00 bits per heavy atom. The molecule has 1 amide bonds. The van der Waals surface area contributed by atoms with Gasteiger partial charge in [-0.1, -0.05) is 12.8 Å². The summed E-state index contributed by atoms with van der Waals surface area (Å²) in [5, 5.41) is 4.33. The van der Waals surface area contributed by atoms with Gasteiger partial charge in [0.25, 0.3) is 0 Å². The van der Waals surface area contributed by atoms with E-state index in [-0.39, 0.29) is 0 Å². The number of amides is 1. The molecule has 1 aliphatic carbocycles. The molecule has 1 atom stereocenters. The van der Waals surface area contributed by atoms with Gasteiger partial charge >= 0.3 is 0 Å². The molecule has 2 aromatic heterocycles. The van der Waals surface area contributed by atoms with Crippen LogP contribution in [0.1, 0.15) is 37.9 Å². The molecule has 1 saturated carbocycles. The van der Waals surface area contributed by atoms with E-state index in [1.165, 1.54) is 25.7 Å². The molecule has 2 aromatic rings. The third-order valence-corrected chi connectivity index (χ3v) is 5.36. The third-order valence-electron chi connectivity index (χ3n) is 5.36. The van der Waals surface area contributed by atoms with Crippen molar-refractivity contribution in [2.75, 3.05) is 6.54 Å². The number of hydrogen-bond donors (Lipinski definition) is 0. The van der Waals surface area contributed by atoms with E-state index < -0.39 is 0 Å². The summed E-state index contributed by atoms with van der Waals surface area (Å²) in [5.74, 6) is 2.24. The van der Waals surface area contributed by atoms with E-state index in [0.717, 1.165) is 25.5 Å². The summed E-state index contributed by atoms with van der Waals surface area (Å²) >= 11 is 0. The lowest BCUT2D eigenvalue weighted by molar-refractivity contribution is -0.133. The zero-order valence-corrected chi connectivity index (χ0v) is 14.0. The van der Waals surface area contributed by atoms with Crippen molar-refractivity contribution in [1.82, 2.24) is 24.2 Å². The van der Waals surface area contributed by atoms with Crippen molar-refractivity contribution in [2.45, 2.75) is 51.7 Å². The van der Waals surface area contributed by atoms with Crippen molar-refractivity contribution < 1.29 is 4.79 Å². The molecule has 0 spiro atoms. The molecule has 128 valence electrons. The molecular weight excluding hydrogens is 302 g/mol. The lowest BCUT2D eigenvalue weighted by Crippen LogP contribution is -2.36. The van der Waals surface area contributed by atoms with Gasteiger partial charge in [0.2, 0.25) is 5.91 Å². The minimum absolute atomic E-state index is 0.295. The van der Waals surface area contributed by atoms with Crippen molar-refractivity contribution in [2.24, 2.45) is 11.8 Å². The lowest BCUT2D eigenvalue weighted by Gasteiger charge is -2.25. The van der Waals surface area contributed by atoms with Crippen LogP contribution in [-0.4, -0.2) is 36.7 Å². The van der Waals surface area contributed by atoms with Gasteiger partial charge in [0.1, 0.15) is 5.82 Å². The maximum atomic E-state index is 12.9. The quantitative estimate of drug-likeness (QED) is 0.866. The van der Waals surface area contributed by atoms with Crippen LogP contribution in [0, 0.1) is 11.8 Å². The van der Waals surface area contributed by atoms with Crippen LogP contribution < -0.4 is 0 Å². The van der Waals surface area contributed by atoms with Crippen molar-refractivity contribution in [3.05, 3.63) is 36.7 Å². The van der Waals surface area contributed by atoms with Crippen LogP contribution in [-0.2, 0) is 24.4 Å². The van der Waals surface area contributed by atoms with Crippen LogP contribution in [0.2, 0.25) is 0 Å². The van der Waals surface area contributed by atoms with Gasteiger partial charge in [-0.25, -0.2) is 4.98 Å². The van der Waals surface area contributed by atoms with E-state index in [4.69, 9.17) is 0 Å². The summed E-state index contributed by atoms with van der Waals surface area (Å²) in [5.41, 5.74) is 0. The van der Waals surface area contributed by atoms with Gasteiger partial charge in [-0.2, -0.15) is 5.10 Å². The summed E-state index contributed by atoms with van der Waals surface area (Å²) in [6.45, 7) is 3.14. The number of nitrogens with zero attached hydrogens (tertiary/aromatic N) is 5. The van der Waals surface area contributed by atoms with Gasteiger partial charge < -0.3 is 9.47 Å². The highest BCUT2D eigenvalue weighted by Crippen LogP contribution is 2.29. The second-order valence-electron chi connectivity index (χ2n) is 7.22. The first-order chi connectivity index (χ1) is 11.8. The zero-order valence-electron chi connectivity index (χ0n) is 14.0. The van der Waals surface area contributed by atoms with Crippen LogP contribution in [0.15, 0.2) is 30.9 Å². The van der Waals surface area contributed by atoms with E-state index in [1.807, 2.05) is 40.4 Å². The van der Waals surface area contributed by atoms with Crippen LogP contribution in [0.4, 0.5) is 0 Å². The maximum Gasteiger partial charge on any atom is 0.223 e. The fraction of sp³-hybridized carbons (Fsp3) is 0.611. The Kier molecular flexibility index (Phi) is 4.36. The first-order valence-corrected chi connectivity index (χ1v) is 9.03. The van der Waals surface area contributed by atoms with Gasteiger partial charge in [-0.05, 0) is 24.8 Å². The monoisotopic (exact) mass is 327 g/mol. The number of carbonyl (C=O) groups is 1. The first kappa shape index (κ1) is 15.4. The molecule has 0 N–H and O–H groups in total. The summed E-state index contributed by atoms with van der Waals surface area (Å²) in [4.78, 5) is 19.3. The van der Waals surface area contributed by atoms with Crippen molar-refractivity contribution in [3.8, 4) is 0 Å². The topological polar surface area (TPSA) is 56.0 Å². The Balaban J connectivity index is 1.49. The molecule has 3 heterocycles. The normalized spacial score (nSPS) is 21.7. The predicted octanol–water partition coefficient (Wildman–Crippen LogP) is 2.32. The zero-order chi connectivity index (χ0) is 16.4. The average molecular weight is 327 g/mol. The molecule has 0 unspecified atom stereocenters. The van der Waals surface area contributed by atoms with Crippen molar-refractivity contribution in [3.63, 3.8) is 0 Å². The highest BCUT2D eigenvalue weighted by Gasteiger charge is 2.28. The number of imidazole rings is 1. The van der Waals surface area contributed by atoms with Crippen molar-refractivity contribution in [1.29, 1.82) is 0 Å². The largest absolute Gasteiger partial charge is 0.335 e. The molecule has 1 fully saturated rings. The number of rotatable bonds is 4. The minimum Gasteiger partial charge on any atom is -0.335 e. The molecule has 0 radical (unpaired) electrons. The van der Waals surface area contributed by atoms with Crippen LogP contribution in [0.25, 0.3) is 0 Å². The van der Waals surface area contributed by atoms with Gasteiger partial charge in [0.15, 0.2) is 0 Å². The average Bonchev–Trinajstić information content (AvgIpc) is 3.30. The number of carbonyl (C=O) groups excluding carboxylic acids is 1. The highest BCUT2D eigenvalue weighted by atomic mass is 16.2. The van der Waals surface area contributed by atoms with Crippen molar-refractivity contribution >= 4 is 5.91 Å². The smallest absolute Gasteiger partial charge is 0.223 e. The lowest BCUT2D eigenvalue weighted by atomic mass is 10.0. The summed E-state index contributed by atoms with van der Waals surface area (Å²) < 4.78 is 4.16. The molecular formula is C18H25N5O. The Bertz CT molecular complexity index is 671. The first-order valence-electron chi connectivity index (χ1n) is 9.03. The van der Waals surface area contributed by atoms with Crippen LogP contribution >= 0.6 is 0 Å². The molecule has 0 bridgehead atoms. The Morgan fingerprint density at radius 1 is 1.12 bits per heavy atom. The molecule has 0 saturated heterocycles. The second-order valence-corrected chi connectivity index (χ2v) is 7.22. The molecule has 4 rings (SSSR count). The number of fused-ring (bicyclic) bond motifs is 1. The van der Waals surface area contributed by atoms with E-state index in [1.54, 1.807) is 0 Å². The fourth-order valence-electron chi connectivity index (χ4n) is 4.11. The van der Waals surface area contributed by atoms with Crippen LogP contribution in [0.3, 0.4) is 0 Å². The summed E-state index contributed by atoms with van der Waals surface area (Å²) in [6.07, 6.45) is 13.4. The SMILES string of the molecule is O=C(CC1CCCC1)N1Cc2nccn2C[C@H](Cn2cccn2)C1. The Hall–Kier alpha value is -2.11. The summed E-state index contributed by atoms with van der Waals surface area (Å²) in [7, 11) is 0. The predicted molar refractivity (Wildman–Crippen MR) is 89.9 cm³/mol. The standard InChI is InChI=1S/C18H25N5O/c24-18(10-15-4-1-2-5-15)22-12-16(13-23-8-3-6-20-23)11-21-9-7-19-17(21)14-22/h3,6-9,15-16H,1-2,4-5,10-14H2/t16-/m0/s1. The third kappa shape index (κ3) is 3.37. The summed E-state index contributed by atoms with van der Waals surface area (Å²) in [6, 6.07) is 1.95.